The van der Waals surface area contributed by atoms with Gasteiger partial charge in [-0.2, -0.15) is 0 Å². The third-order valence-corrected chi connectivity index (χ3v) is 3.05. The minimum Gasteiger partial charge on any atom is -0.459 e. The van der Waals surface area contributed by atoms with E-state index in [9.17, 15) is 0 Å². The van der Waals surface area contributed by atoms with Crippen LogP contribution >= 0.6 is 15.9 Å². The van der Waals surface area contributed by atoms with Crippen LogP contribution in [-0.4, -0.2) is 0 Å². The highest BCUT2D eigenvalue weighted by Gasteiger charge is 2.11. The zero-order valence-corrected chi connectivity index (χ0v) is 10.5. The summed E-state index contributed by atoms with van der Waals surface area (Å²) in [6.45, 7) is 4.10. The topological polar surface area (TPSA) is 39.2 Å². The molecule has 0 fully saturated rings. The van der Waals surface area contributed by atoms with E-state index < -0.39 is 0 Å². The summed E-state index contributed by atoms with van der Waals surface area (Å²) in [4.78, 5) is 0. The van der Waals surface area contributed by atoms with E-state index in [2.05, 4.69) is 28.9 Å². The van der Waals surface area contributed by atoms with Gasteiger partial charge in [-0.15, -0.1) is 0 Å². The van der Waals surface area contributed by atoms with E-state index in [0.29, 0.717) is 0 Å². The van der Waals surface area contributed by atoms with Crippen LogP contribution in [0.4, 0.5) is 0 Å². The molecule has 0 aliphatic rings. The van der Waals surface area contributed by atoms with Gasteiger partial charge in [-0.05, 0) is 37.1 Å². The molecular weight excluding hydrogens is 254 g/mol. The smallest absolute Gasteiger partial charge is 0.137 e. The van der Waals surface area contributed by atoms with Crippen LogP contribution in [0.15, 0.2) is 27.1 Å². The van der Waals surface area contributed by atoms with E-state index in [4.69, 9.17) is 10.2 Å². The summed E-state index contributed by atoms with van der Waals surface area (Å²) in [6.07, 6.45) is 0.889. The van der Waals surface area contributed by atoms with Gasteiger partial charge in [-0.1, -0.05) is 22.9 Å². The predicted molar refractivity (Wildman–Crippen MR) is 65.9 cm³/mol. The molecule has 0 radical (unpaired) electrons. The normalized spacial score (nSPS) is 13.3. The van der Waals surface area contributed by atoms with Gasteiger partial charge in [0.25, 0.3) is 0 Å². The molecule has 1 atom stereocenters. The van der Waals surface area contributed by atoms with Gasteiger partial charge in [0.05, 0.1) is 6.04 Å². The molecule has 0 saturated heterocycles. The summed E-state index contributed by atoms with van der Waals surface area (Å²) < 4.78 is 6.83. The highest BCUT2D eigenvalue weighted by Crippen LogP contribution is 2.29. The predicted octanol–water partition coefficient (Wildman–Crippen LogP) is 3.91. The van der Waals surface area contributed by atoms with E-state index in [1.165, 1.54) is 0 Å². The minimum atomic E-state index is -0.00410. The average Bonchev–Trinajstić information content (AvgIpc) is 2.60. The van der Waals surface area contributed by atoms with Gasteiger partial charge in [0.1, 0.15) is 11.3 Å². The molecule has 2 aromatic rings. The number of fused-ring (bicyclic) bond motifs is 1. The maximum atomic E-state index is 5.94. The van der Waals surface area contributed by atoms with Gasteiger partial charge in [0.15, 0.2) is 0 Å². The number of hydrogen-bond donors (Lipinski definition) is 1. The van der Waals surface area contributed by atoms with Crippen molar-refractivity contribution in [2.45, 2.75) is 26.3 Å². The lowest BCUT2D eigenvalue weighted by Gasteiger charge is -2.02. The Kier molecular flexibility index (Phi) is 2.85. The lowest BCUT2D eigenvalue weighted by atomic mass is 10.1. The molecule has 0 spiro atoms. The summed E-state index contributed by atoms with van der Waals surface area (Å²) in [7, 11) is 0. The third-order valence-electron chi connectivity index (χ3n) is 2.59. The quantitative estimate of drug-likeness (QED) is 0.896. The fraction of sp³-hybridized carbons (Fsp3) is 0.333. The lowest BCUT2D eigenvalue weighted by Crippen LogP contribution is -2.06. The average molecular weight is 268 g/mol. The van der Waals surface area contributed by atoms with Crippen molar-refractivity contribution in [3.63, 3.8) is 0 Å². The van der Waals surface area contributed by atoms with Gasteiger partial charge < -0.3 is 10.2 Å². The van der Waals surface area contributed by atoms with Crippen molar-refractivity contribution in [2.24, 2.45) is 5.73 Å². The van der Waals surface area contributed by atoms with Crippen LogP contribution in [0.25, 0.3) is 11.0 Å². The van der Waals surface area contributed by atoms with Crippen molar-refractivity contribution in [1.82, 2.24) is 0 Å². The van der Waals surface area contributed by atoms with Crippen LogP contribution in [-0.2, 0) is 0 Å². The van der Waals surface area contributed by atoms with Crippen molar-refractivity contribution in [3.8, 4) is 0 Å². The van der Waals surface area contributed by atoms with E-state index in [-0.39, 0.29) is 6.04 Å². The molecule has 15 heavy (non-hydrogen) atoms. The van der Waals surface area contributed by atoms with E-state index in [0.717, 1.165) is 33.2 Å². The van der Waals surface area contributed by atoms with E-state index in [1.54, 1.807) is 0 Å². The van der Waals surface area contributed by atoms with Crippen molar-refractivity contribution in [2.75, 3.05) is 0 Å². The maximum absolute atomic E-state index is 5.94. The Balaban J connectivity index is 2.60. The highest BCUT2D eigenvalue weighted by molar-refractivity contribution is 9.10. The number of aryl methyl sites for hydroxylation is 1. The molecule has 0 aliphatic heterocycles. The molecule has 2 N–H and O–H groups in total. The largest absolute Gasteiger partial charge is 0.459 e. The molecule has 2 nitrogen and oxygen atoms in total. The van der Waals surface area contributed by atoms with Crippen LogP contribution in [0.1, 0.15) is 30.7 Å². The number of nitrogens with two attached hydrogens (primary N) is 1. The first kappa shape index (κ1) is 10.7. The molecule has 80 valence electrons. The van der Waals surface area contributed by atoms with Gasteiger partial charge in [0.2, 0.25) is 0 Å². The molecule has 0 saturated carbocycles. The first-order valence-corrected chi connectivity index (χ1v) is 5.86. The van der Waals surface area contributed by atoms with E-state index >= 15 is 0 Å². The minimum absolute atomic E-state index is 0.00410. The van der Waals surface area contributed by atoms with Crippen LogP contribution in [0.3, 0.4) is 0 Å². The molecule has 3 heteroatoms. The van der Waals surface area contributed by atoms with Gasteiger partial charge in [-0.3, -0.25) is 0 Å². The fourth-order valence-electron chi connectivity index (χ4n) is 1.69. The summed E-state index contributed by atoms with van der Waals surface area (Å²) in [5.41, 5.74) is 8.02. The molecule has 1 aromatic carbocycles. The lowest BCUT2D eigenvalue weighted by molar-refractivity contribution is 0.487. The summed E-state index contributed by atoms with van der Waals surface area (Å²) in [5, 5.41) is 1.11. The summed E-state index contributed by atoms with van der Waals surface area (Å²) >= 11 is 3.47. The first-order chi connectivity index (χ1) is 7.11. The second-order valence-corrected chi connectivity index (χ2v) is 4.72. The highest BCUT2D eigenvalue weighted by atomic mass is 79.9. The van der Waals surface area contributed by atoms with Crippen molar-refractivity contribution < 1.29 is 4.42 Å². The summed E-state index contributed by atoms with van der Waals surface area (Å²) in [6, 6.07) is 6.13. The summed E-state index contributed by atoms with van der Waals surface area (Å²) in [5.74, 6) is 0.869. The maximum Gasteiger partial charge on any atom is 0.137 e. The Hall–Kier alpha value is -0.800. The Morgan fingerprint density at radius 3 is 2.80 bits per heavy atom. The molecule has 0 bridgehead atoms. The molecular formula is C12H14BrNO. The molecule has 0 amide bonds. The van der Waals surface area contributed by atoms with Gasteiger partial charge in [-0.25, -0.2) is 0 Å². The molecule has 0 aliphatic carbocycles. The number of benzene rings is 1. The van der Waals surface area contributed by atoms with Crippen LogP contribution < -0.4 is 5.73 Å². The fourth-order valence-corrected chi connectivity index (χ4v) is 2.28. The van der Waals surface area contributed by atoms with Crippen LogP contribution in [0, 0.1) is 6.92 Å². The molecule has 2 rings (SSSR count). The molecule has 1 heterocycles. The Labute approximate surface area is 97.6 Å². The zero-order valence-electron chi connectivity index (χ0n) is 8.88. The van der Waals surface area contributed by atoms with Crippen LogP contribution in [0.5, 0.6) is 0 Å². The zero-order chi connectivity index (χ0) is 11.0. The van der Waals surface area contributed by atoms with Gasteiger partial charge >= 0.3 is 0 Å². The van der Waals surface area contributed by atoms with Crippen molar-refractivity contribution in [1.29, 1.82) is 0 Å². The Morgan fingerprint density at radius 1 is 1.40 bits per heavy atom. The van der Waals surface area contributed by atoms with Crippen molar-refractivity contribution in [3.05, 3.63) is 34.0 Å². The SMILES string of the molecule is CCC(N)c1cc2cc(Br)cc(C)c2o1. The monoisotopic (exact) mass is 267 g/mol. The second kappa shape index (κ2) is 3.99. The van der Waals surface area contributed by atoms with Gasteiger partial charge in [0, 0.05) is 9.86 Å². The Morgan fingerprint density at radius 2 is 2.13 bits per heavy atom. The number of furan rings is 1. The second-order valence-electron chi connectivity index (χ2n) is 3.80. The number of hydrogen-bond acceptors (Lipinski definition) is 2. The first-order valence-electron chi connectivity index (χ1n) is 5.07. The Bertz CT molecular complexity index is 490. The molecule has 1 unspecified atom stereocenters. The molecule has 1 aromatic heterocycles. The standard InChI is InChI=1S/C12H14BrNO/c1-3-10(14)11-6-8-5-9(13)4-7(2)12(8)15-11/h4-6,10H,3,14H2,1-2H3. The van der Waals surface area contributed by atoms with E-state index in [1.807, 2.05) is 19.1 Å². The van der Waals surface area contributed by atoms with Crippen LogP contribution in [0.2, 0.25) is 0 Å². The number of rotatable bonds is 2. The number of halogens is 1. The van der Waals surface area contributed by atoms with Crippen molar-refractivity contribution >= 4 is 26.9 Å². The third kappa shape index (κ3) is 1.94.